The van der Waals surface area contributed by atoms with Gasteiger partial charge in [0.05, 0.1) is 12.2 Å². The average Bonchev–Trinajstić information content (AvgIpc) is 2.53. The topological polar surface area (TPSA) is 41.5 Å². The second-order valence-electron chi connectivity index (χ2n) is 5.39. The van der Waals surface area contributed by atoms with E-state index in [1.165, 1.54) is 5.56 Å². The number of methoxy groups -OCH3 is 1. The summed E-state index contributed by atoms with van der Waals surface area (Å²) in [4.78, 5) is 0. The molecule has 0 saturated carbocycles. The van der Waals surface area contributed by atoms with Gasteiger partial charge in [-0.05, 0) is 23.6 Å². The van der Waals surface area contributed by atoms with Crippen LogP contribution in [0.5, 0.6) is 0 Å². The Balaban J connectivity index is 2.04. The van der Waals surface area contributed by atoms with Crippen molar-refractivity contribution in [1.29, 1.82) is 0 Å². The van der Waals surface area contributed by atoms with Gasteiger partial charge < -0.3 is 15.2 Å². The summed E-state index contributed by atoms with van der Waals surface area (Å²) in [7, 11) is 1.67. The van der Waals surface area contributed by atoms with Crippen LogP contribution in [0.1, 0.15) is 12.5 Å². The van der Waals surface area contributed by atoms with E-state index in [1.807, 2.05) is 49.4 Å². The third-order valence-electron chi connectivity index (χ3n) is 3.57. The molecule has 3 nitrogen and oxygen atoms in total. The van der Waals surface area contributed by atoms with Gasteiger partial charge in [-0.1, -0.05) is 54.6 Å². The van der Waals surface area contributed by atoms with Gasteiger partial charge in [0.25, 0.3) is 0 Å². The lowest BCUT2D eigenvalue weighted by molar-refractivity contribution is 0.0550. The molecule has 0 heterocycles. The van der Waals surface area contributed by atoms with E-state index in [1.54, 1.807) is 7.11 Å². The molecule has 112 valence electrons. The van der Waals surface area contributed by atoms with Crippen molar-refractivity contribution in [3.8, 4) is 11.1 Å². The van der Waals surface area contributed by atoms with Crippen LogP contribution < -0.4 is 5.32 Å². The molecular formula is C18H23NO2. The summed E-state index contributed by atoms with van der Waals surface area (Å²) in [5.74, 6) is 0. The molecule has 0 saturated heterocycles. The summed E-state index contributed by atoms with van der Waals surface area (Å²) in [5, 5.41) is 13.7. The third kappa shape index (κ3) is 4.39. The van der Waals surface area contributed by atoms with Crippen LogP contribution in [0.3, 0.4) is 0 Å². The van der Waals surface area contributed by atoms with E-state index < -0.39 is 5.60 Å². The predicted molar refractivity (Wildman–Crippen MR) is 86.2 cm³/mol. The number of hydrogen-bond acceptors (Lipinski definition) is 3. The zero-order chi connectivity index (χ0) is 15.1. The Bertz CT molecular complexity index is 535. The lowest BCUT2D eigenvalue weighted by Gasteiger charge is -2.24. The Morgan fingerprint density at radius 1 is 1.00 bits per heavy atom. The highest BCUT2D eigenvalue weighted by Gasteiger charge is 2.22. The summed E-state index contributed by atoms with van der Waals surface area (Å²) in [6, 6.07) is 18.3. The van der Waals surface area contributed by atoms with Crippen LogP contribution >= 0.6 is 0 Å². The van der Waals surface area contributed by atoms with Gasteiger partial charge in [0.1, 0.15) is 0 Å². The normalized spacial score (nSPS) is 13.9. The summed E-state index contributed by atoms with van der Waals surface area (Å²) >= 11 is 0. The molecule has 2 rings (SSSR count). The fraction of sp³-hybridized carbons (Fsp3) is 0.333. The molecule has 0 radical (unpaired) electrons. The molecule has 3 heteroatoms. The Kier molecular flexibility index (Phi) is 5.51. The number of ether oxygens (including phenoxy) is 1. The van der Waals surface area contributed by atoms with Crippen LogP contribution in [0.15, 0.2) is 54.6 Å². The molecular weight excluding hydrogens is 262 g/mol. The quantitative estimate of drug-likeness (QED) is 0.769. The standard InChI is InChI=1S/C18H23NO2/c1-18(20,14-19-12-13-21-2)17-10-8-16(9-11-17)15-6-4-3-5-7-15/h3-11,19-20H,12-14H2,1-2H3. The molecule has 2 aromatic carbocycles. The summed E-state index contributed by atoms with van der Waals surface area (Å²) in [6.07, 6.45) is 0. The first kappa shape index (κ1) is 15.7. The first-order chi connectivity index (χ1) is 10.1. The molecule has 0 fully saturated rings. The van der Waals surface area contributed by atoms with Gasteiger partial charge in [-0.25, -0.2) is 0 Å². The smallest absolute Gasteiger partial charge is 0.0992 e. The van der Waals surface area contributed by atoms with Crippen LogP contribution in [0.4, 0.5) is 0 Å². The average molecular weight is 285 g/mol. The molecule has 1 unspecified atom stereocenters. The fourth-order valence-electron chi connectivity index (χ4n) is 2.26. The minimum Gasteiger partial charge on any atom is -0.384 e. The maximum absolute atomic E-state index is 10.5. The monoisotopic (exact) mass is 285 g/mol. The van der Waals surface area contributed by atoms with E-state index in [0.717, 1.165) is 17.7 Å². The van der Waals surface area contributed by atoms with Crippen LogP contribution in [0, 0.1) is 0 Å². The van der Waals surface area contributed by atoms with Gasteiger partial charge in [0, 0.05) is 20.2 Å². The fourth-order valence-corrected chi connectivity index (χ4v) is 2.26. The van der Waals surface area contributed by atoms with E-state index in [-0.39, 0.29) is 0 Å². The van der Waals surface area contributed by atoms with Crippen molar-refractivity contribution in [3.63, 3.8) is 0 Å². The SMILES string of the molecule is COCCNCC(C)(O)c1ccc(-c2ccccc2)cc1. The van der Waals surface area contributed by atoms with Gasteiger partial charge in [-0.3, -0.25) is 0 Å². The zero-order valence-corrected chi connectivity index (χ0v) is 12.7. The Morgan fingerprint density at radius 3 is 2.24 bits per heavy atom. The van der Waals surface area contributed by atoms with Crippen LogP contribution in [0.25, 0.3) is 11.1 Å². The maximum Gasteiger partial charge on any atom is 0.0992 e. The molecule has 0 aliphatic rings. The third-order valence-corrected chi connectivity index (χ3v) is 3.57. The van der Waals surface area contributed by atoms with Gasteiger partial charge in [0.15, 0.2) is 0 Å². The van der Waals surface area contributed by atoms with E-state index in [0.29, 0.717) is 13.2 Å². The van der Waals surface area contributed by atoms with Crippen molar-refractivity contribution in [3.05, 3.63) is 60.2 Å². The first-order valence-corrected chi connectivity index (χ1v) is 7.21. The zero-order valence-electron chi connectivity index (χ0n) is 12.7. The lowest BCUT2D eigenvalue weighted by Crippen LogP contribution is -2.36. The molecule has 2 N–H and O–H groups in total. The van der Waals surface area contributed by atoms with Gasteiger partial charge in [-0.15, -0.1) is 0 Å². The van der Waals surface area contributed by atoms with E-state index in [4.69, 9.17) is 4.74 Å². The highest BCUT2D eigenvalue weighted by molar-refractivity contribution is 5.63. The maximum atomic E-state index is 10.5. The minimum absolute atomic E-state index is 0.501. The van der Waals surface area contributed by atoms with Crippen molar-refractivity contribution in [2.45, 2.75) is 12.5 Å². The number of benzene rings is 2. The molecule has 21 heavy (non-hydrogen) atoms. The molecule has 0 aliphatic carbocycles. The number of nitrogens with one attached hydrogen (secondary N) is 1. The van der Waals surface area contributed by atoms with Crippen LogP contribution in [-0.2, 0) is 10.3 Å². The predicted octanol–water partition coefficient (Wildman–Crippen LogP) is 2.80. The summed E-state index contributed by atoms with van der Waals surface area (Å²) in [5.41, 5.74) is 2.36. The van der Waals surface area contributed by atoms with E-state index >= 15 is 0 Å². The highest BCUT2D eigenvalue weighted by Crippen LogP contribution is 2.24. The molecule has 0 aliphatic heterocycles. The molecule has 0 bridgehead atoms. The molecule has 0 aromatic heterocycles. The van der Waals surface area contributed by atoms with Gasteiger partial charge >= 0.3 is 0 Å². The molecule has 0 spiro atoms. The van der Waals surface area contributed by atoms with E-state index in [2.05, 4.69) is 17.4 Å². The van der Waals surface area contributed by atoms with Crippen molar-refractivity contribution >= 4 is 0 Å². The van der Waals surface area contributed by atoms with Crippen molar-refractivity contribution in [2.75, 3.05) is 26.8 Å². The number of rotatable bonds is 7. The van der Waals surface area contributed by atoms with Crippen LogP contribution in [0.2, 0.25) is 0 Å². The van der Waals surface area contributed by atoms with Crippen molar-refractivity contribution in [2.24, 2.45) is 0 Å². The molecule has 0 amide bonds. The van der Waals surface area contributed by atoms with Gasteiger partial charge in [0.2, 0.25) is 0 Å². The van der Waals surface area contributed by atoms with E-state index in [9.17, 15) is 5.11 Å². The first-order valence-electron chi connectivity index (χ1n) is 7.21. The lowest BCUT2D eigenvalue weighted by atomic mass is 9.93. The number of aliphatic hydroxyl groups is 1. The number of hydrogen-bond donors (Lipinski definition) is 2. The van der Waals surface area contributed by atoms with Gasteiger partial charge in [-0.2, -0.15) is 0 Å². The van der Waals surface area contributed by atoms with Crippen LogP contribution in [-0.4, -0.2) is 31.9 Å². The Hall–Kier alpha value is -1.68. The highest BCUT2D eigenvalue weighted by atomic mass is 16.5. The largest absolute Gasteiger partial charge is 0.384 e. The van der Waals surface area contributed by atoms with Crippen molar-refractivity contribution in [1.82, 2.24) is 5.32 Å². The summed E-state index contributed by atoms with van der Waals surface area (Å²) < 4.78 is 4.98. The Labute approximate surface area is 126 Å². The molecule has 1 atom stereocenters. The minimum atomic E-state index is -0.886. The van der Waals surface area contributed by atoms with Crippen molar-refractivity contribution < 1.29 is 9.84 Å². The summed E-state index contributed by atoms with van der Waals surface area (Å²) in [6.45, 7) is 3.70. The second-order valence-corrected chi connectivity index (χ2v) is 5.39. The Morgan fingerprint density at radius 2 is 1.62 bits per heavy atom. The second kappa shape index (κ2) is 7.36. The molecule has 2 aromatic rings.